The second-order valence-electron chi connectivity index (χ2n) is 6.70. The molecule has 1 aliphatic heterocycles. The molecule has 0 saturated carbocycles. The van der Waals surface area contributed by atoms with Gasteiger partial charge in [0.05, 0.1) is 13.2 Å². The maximum Gasteiger partial charge on any atom is 0.193 e. The lowest BCUT2D eigenvalue weighted by molar-refractivity contribution is 0.0323. The molecule has 1 N–H and O–H groups in total. The average molecular weight is 350 g/mol. The summed E-state index contributed by atoms with van der Waals surface area (Å²) in [5.74, 6) is 1.14. The molecule has 0 spiro atoms. The summed E-state index contributed by atoms with van der Waals surface area (Å²) in [6, 6.07) is 6.72. The zero-order valence-corrected chi connectivity index (χ0v) is 15.7. The van der Waals surface area contributed by atoms with Gasteiger partial charge < -0.3 is 15.0 Å². The lowest BCUT2D eigenvalue weighted by Gasteiger charge is -2.29. The number of nitrogens with zero attached hydrogens (tertiary/aromatic N) is 3. The Bertz CT molecular complexity index is 546. The van der Waals surface area contributed by atoms with Crippen LogP contribution in [0.2, 0.25) is 0 Å². The minimum absolute atomic E-state index is 0.202. The molecule has 0 aromatic heterocycles. The number of morpholine rings is 1. The minimum Gasteiger partial charge on any atom is -0.379 e. The van der Waals surface area contributed by atoms with E-state index < -0.39 is 0 Å². The molecule has 1 atom stereocenters. The maximum absolute atomic E-state index is 13.4. The molecule has 1 aliphatic rings. The van der Waals surface area contributed by atoms with E-state index in [0.717, 1.165) is 57.5 Å². The van der Waals surface area contributed by atoms with Crippen LogP contribution in [0.4, 0.5) is 4.39 Å². The Labute approximate surface area is 150 Å². The monoisotopic (exact) mass is 350 g/mol. The molecule has 0 radical (unpaired) electrons. The Morgan fingerprint density at radius 1 is 1.40 bits per heavy atom. The normalized spacial score (nSPS) is 17.4. The molecule has 1 unspecified atom stereocenters. The molecule has 6 heteroatoms. The number of aliphatic imine (C=N–C) groups is 1. The SMILES string of the molecule is CCNC(=NCC(C)CN1CCOCC1)N(C)Cc1cccc(F)c1. The fraction of sp³-hybridized carbons (Fsp3) is 0.632. The average Bonchev–Trinajstić information content (AvgIpc) is 2.59. The highest BCUT2D eigenvalue weighted by Crippen LogP contribution is 2.08. The first kappa shape index (κ1) is 19.7. The van der Waals surface area contributed by atoms with E-state index in [4.69, 9.17) is 9.73 Å². The van der Waals surface area contributed by atoms with Crippen molar-refractivity contribution in [1.82, 2.24) is 15.1 Å². The number of hydrogen-bond acceptors (Lipinski definition) is 3. The Morgan fingerprint density at radius 2 is 2.16 bits per heavy atom. The first-order valence-corrected chi connectivity index (χ1v) is 9.12. The highest BCUT2D eigenvalue weighted by atomic mass is 19.1. The van der Waals surface area contributed by atoms with Crippen LogP contribution in [0.5, 0.6) is 0 Å². The molecule has 1 heterocycles. The third kappa shape index (κ3) is 7.00. The van der Waals surface area contributed by atoms with Crippen LogP contribution >= 0.6 is 0 Å². The highest BCUT2D eigenvalue weighted by molar-refractivity contribution is 5.79. The van der Waals surface area contributed by atoms with E-state index >= 15 is 0 Å². The van der Waals surface area contributed by atoms with E-state index in [1.54, 1.807) is 12.1 Å². The number of benzene rings is 1. The predicted molar refractivity (Wildman–Crippen MR) is 100 cm³/mol. The standard InChI is InChI=1S/C19H31FN4O/c1-4-21-19(23(3)15-17-6-5-7-18(20)12-17)22-13-16(2)14-24-8-10-25-11-9-24/h5-7,12,16H,4,8-11,13-15H2,1-3H3,(H,21,22). The topological polar surface area (TPSA) is 40.1 Å². The van der Waals surface area contributed by atoms with Crippen LogP contribution in [0.1, 0.15) is 19.4 Å². The van der Waals surface area contributed by atoms with E-state index in [2.05, 4.69) is 24.1 Å². The Kier molecular flexibility index (Phi) is 8.15. The van der Waals surface area contributed by atoms with Crippen LogP contribution in [0.15, 0.2) is 29.3 Å². The molecule has 2 rings (SSSR count). The van der Waals surface area contributed by atoms with Gasteiger partial charge in [-0.2, -0.15) is 0 Å². The smallest absolute Gasteiger partial charge is 0.193 e. The molecular weight excluding hydrogens is 319 g/mol. The van der Waals surface area contributed by atoms with E-state index in [1.165, 1.54) is 6.07 Å². The number of nitrogens with one attached hydrogen (secondary N) is 1. The van der Waals surface area contributed by atoms with Crippen molar-refractivity contribution in [3.05, 3.63) is 35.6 Å². The van der Waals surface area contributed by atoms with Crippen molar-refractivity contribution < 1.29 is 9.13 Å². The molecule has 5 nitrogen and oxygen atoms in total. The van der Waals surface area contributed by atoms with Crippen molar-refractivity contribution in [1.29, 1.82) is 0 Å². The number of rotatable bonds is 7. The summed E-state index contributed by atoms with van der Waals surface area (Å²) >= 11 is 0. The largest absolute Gasteiger partial charge is 0.379 e. The van der Waals surface area contributed by atoms with Crippen molar-refractivity contribution in [2.75, 3.05) is 53.0 Å². The van der Waals surface area contributed by atoms with Gasteiger partial charge in [-0.05, 0) is 30.5 Å². The van der Waals surface area contributed by atoms with Crippen molar-refractivity contribution >= 4 is 5.96 Å². The third-order valence-corrected chi connectivity index (χ3v) is 4.23. The Balaban J connectivity index is 1.89. The van der Waals surface area contributed by atoms with Gasteiger partial charge in [-0.15, -0.1) is 0 Å². The lowest BCUT2D eigenvalue weighted by atomic mass is 10.1. The minimum atomic E-state index is -0.202. The van der Waals surface area contributed by atoms with Crippen LogP contribution in [0.3, 0.4) is 0 Å². The van der Waals surface area contributed by atoms with Crippen molar-refractivity contribution in [2.45, 2.75) is 20.4 Å². The van der Waals surface area contributed by atoms with Crippen LogP contribution in [-0.4, -0.2) is 68.7 Å². The Hall–Kier alpha value is -1.66. The van der Waals surface area contributed by atoms with Gasteiger partial charge >= 0.3 is 0 Å². The fourth-order valence-corrected chi connectivity index (χ4v) is 2.98. The summed E-state index contributed by atoms with van der Waals surface area (Å²) in [6.07, 6.45) is 0. The van der Waals surface area contributed by atoms with Gasteiger partial charge in [0.25, 0.3) is 0 Å². The zero-order chi connectivity index (χ0) is 18.1. The van der Waals surface area contributed by atoms with Gasteiger partial charge in [0.15, 0.2) is 5.96 Å². The van der Waals surface area contributed by atoms with E-state index in [1.807, 2.05) is 18.0 Å². The van der Waals surface area contributed by atoms with E-state index in [9.17, 15) is 4.39 Å². The number of ether oxygens (including phenoxy) is 1. The molecule has 0 bridgehead atoms. The van der Waals surface area contributed by atoms with Gasteiger partial charge in [0.1, 0.15) is 5.82 Å². The van der Waals surface area contributed by atoms with Gasteiger partial charge in [0.2, 0.25) is 0 Å². The van der Waals surface area contributed by atoms with Gasteiger partial charge in [-0.1, -0.05) is 19.1 Å². The summed E-state index contributed by atoms with van der Waals surface area (Å²) in [5, 5.41) is 3.32. The van der Waals surface area contributed by atoms with Crippen LogP contribution < -0.4 is 5.32 Å². The number of halogens is 1. The molecule has 0 amide bonds. The quantitative estimate of drug-likeness (QED) is 0.604. The lowest BCUT2D eigenvalue weighted by Crippen LogP contribution is -2.40. The summed E-state index contributed by atoms with van der Waals surface area (Å²) in [4.78, 5) is 9.26. The van der Waals surface area contributed by atoms with Crippen LogP contribution in [-0.2, 0) is 11.3 Å². The molecule has 140 valence electrons. The molecule has 1 aromatic carbocycles. The van der Waals surface area contributed by atoms with Gasteiger partial charge in [0, 0.05) is 46.3 Å². The third-order valence-electron chi connectivity index (χ3n) is 4.23. The molecule has 1 fully saturated rings. The molecular formula is C19H31FN4O. The van der Waals surface area contributed by atoms with Crippen LogP contribution in [0, 0.1) is 11.7 Å². The summed E-state index contributed by atoms with van der Waals surface area (Å²) in [6.45, 7) is 11.2. The van der Waals surface area contributed by atoms with Crippen LogP contribution in [0.25, 0.3) is 0 Å². The fourth-order valence-electron chi connectivity index (χ4n) is 2.98. The molecule has 1 aromatic rings. The van der Waals surface area contributed by atoms with Crippen molar-refractivity contribution in [3.63, 3.8) is 0 Å². The summed E-state index contributed by atoms with van der Waals surface area (Å²) < 4.78 is 18.8. The second-order valence-corrected chi connectivity index (χ2v) is 6.70. The Morgan fingerprint density at radius 3 is 2.84 bits per heavy atom. The number of guanidine groups is 1. The number of hydrogen-bond donors (Lipinski definition) is 1. The predicted octanol–water partition coefficient (Wildman–Crippen LogP) is 2.19. The van der Waals surface area contributed by atoms with Gasteiger partial charge in [-0.25, -0.2) is 4.39 Å². The maximum atomic E-state index is 13.4. The van der Waals surface area contributed by atoms with Gasteiger partial charge in [-0.3, -0.25) is 9.89 Å². The molecule has 0 aliphatic carbocycles. The molecule has 1 saturated heterocycles. The second kappa shape index (κ2) is 10.4. The summed E-state index contributed by atoms with van der Waals surface area (Å²) in [7, 11) is 1.99. The summed E-state index contributed by atoms with van der Waals surface area (Å²) in [5.41, 5.74) is 0.939. The van der Waals surface area contributed by atoms with Crippen molar-refractivity contribution in [2.24, 2.45) is 10.9 Å². The first-order chi connectivity index (χ1) is 12.1. The molecule has 25 heavy (non-hydrogen) atoms. The van der Waals surface area contributed by atoms with Crippen molar-refractivity contribution in [3.8, 4) is 0 Å². The highest BCUT2D eigenvalue weighted by Gasteiger charge is 2.14. The van der Waals surface area contributed by atoms with E-state index in [-0.39, 0.29) is 5.82 Å². The first-order valence-electron chi connectivity index (χ1n) is 9.12. The zero-order valence-electron chi connectivity index (χ0n) is 15.7. The van der Waals surface area contributed by atoms with E-state index in [0.29, 0.717) is 12.5 Å².